The molecule has 25 heavy (non-hydrogen) atoms. The number of carbonyl (C=O) groups is 2. The van der Waals surface area contributed by atoms with Crippen molar-refractivity contribution in [3.05, 3.63) is 35.3 Å². The maximum Gasteiger partial charge on any atom is 0.234 e. The van der Waals surface area contributed by atoms with Crippen LogP contribution >= 0.6 is 23.1 Å². The Morgan fingerprint density at radius 2 is 1.96 bits per heavy atom. The van der Waals surface area contributed by atoms with E-state index in [0.717, 1.165) is 23.6 Å². The maximum absolute atomic E-state index is 11.9. The lowest BCUT2D eigenvalue weighted by molar-refractivity contribution is -0.116. The van der Waals surface area contributed by atoms with Crippen LogP contribution in [0.5, 0.6) is 5.75 Å². The summed E-state index contributed by atoms with van der Waals surface area (Å²) >= 11 is 2.88. The van der Waals surface area contributed by atoms with Crippen LogP contribution in [-0.4, -0.2) is 29.7 Å². The minimum Gasteiger partial charge on any atom is -0.497 e. The number of ether oxygens (including phenoxy) is 1. The van der Waals surface area contributed by atoms with Crippen molar-refractivity contribution in [1.82, 2.24) is 4.98 Å². The molecule has 2 rings (SSSR count). The number of hydrogen-bond donors (Lipinski definition) is 2. The van der Waals surface area contributed by atoms with E-state index in [9.17, 15) is 9.59 Å². The summed E-state index contributed by atoms with van der Waals surface area (Å²) in [5.41, 5.74) is 1.60. The fourth-order valence-corrected chi connectivity index (χ4v) is 3.51. The van der Waals surface area contributed by atoms with Crippen molar-refractivity contribution in [3.8, 4) is 5.75 Å². The van der Waals surface area contributed by atoms with Crippen molar-refractivity contribution in [2.45, 2.75) is 25.5 Å². The van der Waals surface area contributed by atoms with Gasteiger partial charge in [-0.15, -0.1) is 23.1 Å². The highest BCUT2D eigenvalue weighted by Crippen LogP contribution is 2.20. The summed E-state index contributed by atoms with van der Waals surface area (Å²) < 4.78 is 5.08. The molecule has 0 aliphatic carbocycles. The van der Waals surface area contributed by atoms with Crippen LogP contribution in [0.4, 0.5) is 10.8 Å². The van der Waals surface area contributed by atoms with Crippen molar-refractivity contribution >= 4 is 45.7 Å². The first-order chi connectivity index (χ1) is 12.1. The number of nitrogens with one attached hydrogen (secondary N) is 2. The zero-order valence-corrected chi connectivity index (χ0v) is 15.8. The first-order valence-corrected chi connectivity index (χ1v) is 9.90. The number of methoxy groups -OCH3 is 1. The number of anilines is 2. The van der Waals surface area contributed by atoms with Crippen molar-refractivity contribution < 1.29 is 14.3 Å². The smallest absolute Gasteiger partial charge is 0.234 e. The Balaban J connectivity index is 1.71. The monoisotopic (exact) mass is 379 g/mol. The average molecular weight is 380 g/mol. The number of thioether (sulfide) groups is 1. The van der Waals surface area contributed by atoms with Gasteiger partial charge in [0.25, 0.3) is 0 Å². The summed E-state index contributed by atoms with van der Waals surface area (Å²) in [6, 6.07) is 7.19. The Bertz CT molecular complexity index is 701. The molecule has 1 aromatic heterocycles. The van der Waals surface area contributed by atoms with Gasteiger partial charge in [-0.1, -0.05) is 6.92 Å². The summed E-state index contributed by atoms with van der Waals surface area (Å²) in [7, 11) is 1.60. The number of aromatic nitrogens is 1. The molecule has 0 unspecified atom stereocenters. The van der Waals surface area contributed by atoms with E-state index in [-0.39, 0.29) is 11.8 Å². The normalized spacial score (nSPS) is 10.3. The molecule has 1 heterocycles. The van der Waals surface area contributed by atoms with E-state index in [4.69, 9.17) is 4.74 Å². The third-order valence-corrected chi connectivity index (χ3v) is 4.90. The molecule has 8 heteroatoms. The topological polar surface area (TPSA) is 80.3 Å². The van der Waals surface area contributed by atoms with Gasteiger partial charge in [0.2, 0.25) is 11.8 Å². The molecule has 1 aromatic carbocycles. The lowest BCUT2D eigenvalue weighted by Gasteiger charge is -2.05. The van der Waals surface area contributed by atoms with Gasteiger partial charge in [-0.25, -0.2) is 4.98 Å². The quantitative estimate of drug-likeness (QED) is 0.693. The Labute approximate surface area is 155 Å². The Hall–Kier alpha value is -2.06. The Kier molecular flexibility index (Phi) is 7.75. The van der Waals surface area contributed by atoms with Crippen LogP contribution in [-0.2, 0) is 15.3 Å². The number of thiazole rings is 1. The maximum atomic E-state index is 11.9. The zero-order valence-electron chi connectivity index (χ0n) is 14.2. The molecule has 0 radical (unpaired) electrons. The van der Waals surface area contributed by atoms with Crippen LogP contribution in [0, 0.1) is 0 Å². The van der Waals surface area contributed by atoms with E-state index in [1.54, 1.807) is 31.4 Å². The summed E-state index contributed by atoms with van der Waals surface area (Å²) in [6.45, 7) is 1.96. The average Bonchev–Trinajstić information content (AvgIpc) is 3.03. The van der Waals surface area contributed by atoms with E-state index >= 15 is 0 Å². The van der Waals surface area contributed by atoms with E-state index in [1.807, 2.05) is 12.3 Å². The molecule has 0 bridgehead atoms. The first-order valence-electron chi connectivity index (χ1n) is 7.86. The molecule has 0 aliphatic rings. The molecule has 6 nitrogen and oxygen atoms in total. The van der Waals surface area contributed by atoms with Crippen LogP contribution in [0.25, 0.3) is 0 Å². The highest BCUT2D eigenvalue weighted by atomic mass is 32.2. The van der Waals surface area contributed by atoms with Gasteiger partial charge in [-0.05, 0) is 30.7 Å². The minimum atomic E-state index is -0.0677. The van der Waals surface area contributed by atoms with Crippen molar-refractivity contribution in [3.63, 3.8) is 0 Å². The predicted octanol–water partition coefficient (Wildman–Crippen LogP) is 3.76. The van der Waals surface area contributed by atoms with Crippen LogP contribution < -0.4 is 15.4 Å². The largest absolute Gasteiger partial charge is 0.497 e. The van der Waals surface area contributed by atoms with Gasteiger partial charge < -0.3 is 15.4 Å². The number of hydrogen-bond acceptors (Lipinski definition) is 6. The van der Waals surface area contributed by atoms with E-state index < -0.39 is 0 Å². The molecule has 134 valence electrons. The molecule has 2 amide bonds. The molecule has 0 aliphatic heterocycles. The molecule has 0 atom stereocenters. The molecule has 0 fully saturated rings. The Morgan fingerprint density at radius 1 is 1.20 bits per heavy atom. The van der Waals surface area contributed by atoms with E-state index in [0.29, 0.717) is 23.1 Å². The second-order valence-corrected chi connectivity index (χ2v) is 7.06. The van der Waals surface area contributed by atoms with Crippen LogP contribution in [0.1, 0.15) is 25.5 Å². The third-order valence-electron chi connectivity index (χ3n) is 3.13. The van der Waals surface area contributed by atoms with Crippen molar-refractivity contribution in [2.75, 3.05) is 23.5 Å². The van der Waals surface area contributed by atoms with Crippen molar-refractivity contribution in [2.24, 2.45) is 0 Å². The molecule has 2 aromatic rings. The number of rotatable bonds is 9. The standard InChI is InChI=1S/C17H21N3O3S2/c1-3-4-15(21)20-17-19-13(10-25-17)9-24-11-16(22)18-12-5-7-14(23-2)8-6-12/h5-8,10H,3-4,9,11H2,1-2H3,(H,18,22)(H,19,20,21). The SMILES string of the molecule is CCCC(=O)Nc1nc(CSCC(=O)Nc2ccc(OC)cc2)cs1. The highest BCUT2D eigenvalue weighted by molar-refractivity contribution is 7.99. The van der Waals surface area contributed by atoms with Gasteiger partial charge in [0.05, 0.1) is 18.6 Å². The molecular formula is C17H21N3O3S2. The first kappa shape index (κ1) is 19.3. The van der Waals surface area contributed by atoms with Gasteiger partial charge in [-0.3, -0.25) is 9.59 Å². The molecule has 2 N–H and O–H groups in total. The summed E-state index contributed by atoms with van der Waals surface area (Å²) in [5, 5.41) is 8.12. The second-order valence-electron chi connectivity index (χ2n) is 5.21. The van der Waals surface area contributed by atoms with Gasteiger partial charge >= 0.3 is 0 Å². The summed E-state index contributed by atoms with van der Waals surface area (Å²) in [5.74, 6) is 1.62. The number of carbonyl (C=O) groups excluding carboxylic acids is 2. The number of nitrogens with zero attached hydrogens (tertiary/aromatic N) is 1. The van der Waals surface area contributed by atoms with E-state index in [1.165, 1.54) is 23.1 Å². The fraction of sp³-hybridized carbons (Fsp3) is 0.353. The van der Waals surface area contributed by atoms with Crippen LogP contribution in [0.2, 0.25) is 0 Å². The molecule has 0 saturated carbocycles. The van der Waals surface area contributed by atoms with Gasteiger partial charge in [0, 0.05) is 23.2 Å². The number of amides is 2. The zero-order chi connectivity index (χ0) is 18.1. The van der Waals surface area contributed by atoms with Crippen molar-refractivity contribution in [1.29, 1.82) is 0 Å². The minimum absolute atomic E-state index is 0.0186. The predicted molar refractivity (Wildman–Crippen MR) is 103 cm³/mol. The van der Waals surface area contributed by atoms with Gasteiger partial charge in [0.15, 0.2) is 5.13 Å². The third kappa shape index (κ3) is 6.75. The number of benzene rings is 1. The van der Waals surface area contributed by atoms with E-state index in [2.05, 4.69) is 15.6 Å². The van der Waals surface area contributed by atoms with Crippen LogP contribution in [0.3, 0.4) is 0 Å². The fourth-order valence-electron chi connectivity index (χ4n) is 1.96. The lowest BCUT2D eigenvalue weighted by atomic mass is 10.3. The lowest BCUT2D eigenvalue weighted by Crippen LogP contribution is -2.14. The highest BCUT2D eigenvalue weighted by Gasteiger charge is 2.08. The van der Waals surface area contributed by atoms with Gasteiger partial charge in [-0.2, -0.15) is 0 Å². The van der Waals surface area contributed by atoms with Gasteiger partial charge in [0.1, 0.15) is 5.75 Å². The van der Waals surface area contributed by atoms with Crippen LogP contribution in [0.15, 0.2) is 29.6 Å². The molecule has 0 saturated heterocycles. The summed E-state index contributed by atoms with van der Waals surface area (Å²) in [6.07, 6.45) is 1.30. The second kappa shape index (κ2) is 10.0. The summed E-state index contributed by atoms with van der Waals surface area (Å²) in [4.78, 5) is 27.8. The Morgan fingerprint density at radius 3 is 2.64 bits per heavy atom. The molecular weight excluding hydrogens is 358 g/mol. The molecule has 0 spiro atoms.